The fourth-order valence-corrected chi connectivity index (χ4v) is 2.43. The van der Waals surface area contributed by atoms with Gasteiger partial charge in [0.05, 0.1) is 6.61 Å². The van der Waals surface area contributed by atoms with Gasteiger partial charge in [-0.2, -0.15) is 8.78 Å². The SMILES string of the molecule is CCOc1cc(CNC(=NC)NC2CC=CC2)ccc1OC(F)F. The van der Waals surface area contributed by atoms with Crippen LogP contribution in [0.15, 0.2) is 35.3 Å². The lowest BCUT2D eigenvalue weighted by atomic mass is 10.2. The van der Waals surface area contributed by atoms with E-state index in [-0.39, 0.29) is 5.75 Å². The van der Waals surface area contributed by atoms with E-state index in [4.69, 9.17) is 4.74 Å². The van der Waals surface area contributed by atoms with Crippen LogP contribution in [0.1, 0.15) is 25.3 Å². The van der Waals surface area contributed by atoms with Gasteiger partial charge in [0.2, 0.25) is 0 Å². The summed E-state index contributed by atoms with van der Waals surface area (Å²) in [5.41, 5.74) is 0.882. The van der Waals surface area contributed by atoms with Gasteiger partial charge in [0.1, 0.15) is 0 Å². The normalized spacial score (nSPS) is 15.0. The number of guanidine groups is 1. The average Bonchev–Trinajstić information content (AvgIpc) is 3.06. The first-order chi connectivity index (χ1) is 11.6. The summed E-state index contributed by atoms with van der Waals surface area (Å²) in [6.45, 7) is -0.224. The van der Waals surface area contributed by atoms with E-state index in [1.807, 2.05) is 0 Å². The number of hydrogen-bond acceptors (Lipinski definition) is 3. The van der Waals surface area contributed by atoms with E-state index in [9.17, 15) is 8.78 Å². The average molecular weight is 339 g/mol. The van der Waals surface area contributed by atoms with E-state index in [2.05, 4.69) is 32.5 Å². The first-order valence-electron chi connectivity index (χ1n) is 7.95. The lowest BCUT2D eigenvalue weighted by Gasteiger charge is -2.17. The molecule has 1 aliphatic carbocycles. The van der Waals surface area contributed by atoms with Crippen LogP contribution in [0, 0.1) is 0 Å². The van der Waals surface area contributed by atoms with Crippen LogP contribution in [0.2, 0.25) is 0 Å². The summed E-state index contributed by atoms with van der Waals surface area (Å²) < 4.78 is 34.7. The Morgan fingerprint density at radius 2 is 2.04 bits per heavy atom. The first-order valence-corrected chi connectivity index (χ1v) is 7.95. The number of hydrogen-bond donors (Lipinski definition) is 2. The van der Waals surface area contributed by atoms with Crippen LogP contribution in [-0.2, 0) is 6.54 Å². The van der Waals surface area contributed by atoms with Gasteiger partial charge in [0, 0.05) is 19.6 Å². The molecule has 0 saturated heterocycles. The fraction of sp³-hybridized carbons (Fsp3) is 0.471. The van der Waals surface area contributed by atoms with Gasteiger partial charge in [-0.15, -0.1) is 0 Å². The highest BCUT2D eigenvalue weighted by Gasteiger charge is 2.13. The molecule has 0 spiro atoms. The monoisotopic (exact) mass is 339 g/mol. The van der Waals surface area contributed by atoms with Gasteiger partial charge < -0.3 is 20.1 Å². The maximum Gasteiger partial charge on any atom is 0.387 e. The predicted octanol–water partition coefficient (Wildman–Crippen LogP) is 3.07. The Balaban J connectivity index is 1.96. The molecule has 0 radical (unpaired) electrons. The van der Waals surface area contributed by atoms with Crippen molar-refractivity contribution < 1.29 is 18.3 Å². The summed E-state index contributed by atoms with van der Waals surface area (Å²) in [6, 6.07) is 5.26. The fourth-order valence-electron chi connectivity index (χ4n) is 2.43. The van der Waals surface area contributed by atoms with Crippen LogP contribution in [0.4, 0.5) is 8.78 Å². The van der Waals surface area contributed by atoms with Crippen molar-refractivity contribution in [3.8, 4) is 11.5 Å². The van der Waals surface area contributed by atoms with E-state index < -0.39 is 6.61 Å². The molecule has 0 bridgehead atoms. The Kier molecular flexibility index (Phi) is 6.84. The number of benzene rings is 1. The van der Waals surface area contributed by atoms with Crippen LogP contribution in [0.3, 0.4) is 0 Å². The van der Waals surface area contributed by atoms with Crippen LogP contribution >= 0.6 is 0 Å². The molecule has 132 valence electrons. The Labute approximate surface area is 140 Å². The maximum absolute atomic E-state index is 12.4. The summed E-state index contributed by atoms with van der Waals surface area (Å²) in [4.78, 5) is 4.19. The molecule has 1 aliphatic rings. The van der Waals surface area contributed by atoms with Gasteiger partial charge in [-0.05, 0) is 37.5 Å². The summed E-state index contributed by atoms with van der Waals surface area (Å²) in [5, 5.41) is 6.54. The highest BCUT2D eigenvalue weighted by molar-refractivity contribution is 5.80. The van der Waals surface area contributed by atoms with Crippen molar-refractivity contribution in [3.05, 3.63) is 35.9 Å². The molecule has 1 aromatic rings. The van der Waals surface area contributed by atoms with Crippen LogP contribution < -0.4 is 20.1 Å². The Morgan fingerprint density at radius 3 is 2.67 bits per heavy atom. The van der Waals surface area contributed by atoms with Gasteiger partial charge in [0.15, 0.2) is 17.5 Å². The molecule has 0 aliphatic heterocycles. The van der Waals surface area contributed by atoms with E-state index in [1.54, 1.807) is 26.1 Å². The minimum atomic E-state index is -2.88. The Bertz CT molecular complexity index is 583. The van der Waals surface area contributed by atoms with Crippen molar-refractivity contribution in [2.45, 2.75) is 39.0 Å². The quantitative estimate of drug-likeness (QED) is 0.455. The topological polar surface area (TPSA) is 54.9 Å². The number of ether oxygens (including phenoxy) is 2. The van der Waals surface area contributed by atoms with Gasteiger partial charge in [-0.1, -0.05) is 18.2 Å². The minimum absolute atomic E-state index is 0.0372. The molecule has 0 fully saturated rings. The highest BCUT2D eigenvalue weighted by Crippen LogP contribution is 2.29. The molecule has 0 amide bonds. The molecular formula is C17H23F2N3O2. The smallest absolute Gasteiger partial charge is 0.387 e. The number of nitrogens with zero attached hydrogens (tertiary/aromatic N) is 1. The number of rotatable bonds is 7. The predicted molar refractivity (Wildman–Crippen MR) is 89.7 cm³/mol. The van der Waals surface area contributed by atoms with Crippen molar-refractivity contribution >= 4 is 5.96 Å². The summed E-state index contributed by atoms with van der Waals surface area (Å²) in [6.07, 6.45) is 6.24. The van der Waals surface area contributed by atoms with E-state index in [1.165, 1.54) is 6.07 Å². The maximum atomic E-state index is 12.4. The van der Waals surface area contributed by atoms with E-state index in [0.29, 0.717) is 30.9 Å². The summed E-state index contributed by atoms with van der Waals surface area (Å²) in [7, 11) is 1.71. The first kappa shape index (κ1) is 18.0. The van der Waals surface area contributed by atoms with Crippen molar-refractivity contribution in [2.75, 3.05) is 13.7 Å². The molecular weight excluding hydrogens is 316 g/mol. The molecule has 24 heavy (non-hydrogen) atoms. The van der Waals surface area contributed by atoms with Gasteiger partial charge in [-0.3, -0.25) is 4.99 Å². The number of aliphatic imine (C=N–C) groups is 1. The number of alkyl halides is 2. The molecule has 0 heterocycles. The molecule has 7 heteroatoms. The van der Waals surface area contributed by atoms with Crippen molar-refractivity contribution in [2.24, 2.45) is 4.99 Å². The van der Waals surface area contributed by atoms with E-state index >= 15 is 0 Å². The number of halogens is 2. The van der Waals surface area contributed by atoms with Crippen LogP contribution in [-0.4, -0.2) is 32.3 Å². The van der Waals surface area contributed by atoms with Gasteiger partial charge in [-0.25, -0.2) is 0 Å². The molecule has 5 nitrogen and oxygen atoms in total. The van der Waals surface area contributed by atoms with Crippen molar-refractivity contribution in [1.82, 2.24) is 10.6 Å². The van der Waals surface area contributed by atoms with Crippen molar-refractivity contribution in [3.63, 3.8) is 0 Å². The van der Waals surface area contributed by atoms with Crippen LogP contribution in [0.5, 0.6) is 11.5 Å². The van der Waals surface area contributed by atoms with Crippen molar-refractivity contribution in [1.29, 1.82) is 0 Å². The van der Waals surface area contributed by atoms with E-state index in [0.717, 1.165) is 18.4 Å². The zero-order valence-corrected chi connectivity index (χ0v) is 13.9. The molecule has 0 saturated carbocycles. The largest absolute Gasteiger partial charge is 0.490 e. The third kappa shape index (κ3) is 5.40. The van der Waals surface area contributed by atoms with Gasteiger partial charge >= 0.3 is 6.61 Å². The van der Waals surface area contributed by atoms with Crippen LogP contribution in [0.25, 0.3) is 0 Å². The molecule has 0 aromatic heterocycles. The second kappa shape index (κ2) is 9.10. The Morgan fingerprint density at radius 1 is 1.29 bits per heavy atom. The molecule has 1 aromatic carbocycles. The molecule has 2 rings (SSSR count). The lowest BCUT2D eigenvalue weighted by Crippen LogP contribution is -2.42. The molecule has 2 N–H and O–H groups in total. The Hall–Kier alpha value is -2.31. The molecule has 0 unspecified atom stereocenters. The standard InChI is InChI=1S/C17H23F2N3O2/c1-3-23-15-10-12(8-9-14(15)24-16(18)19)11-21-17(20-2)22-13-6-4-5-7-13/h4-5,8-10,13,16H,3,6-7,11H2,1-2H3,(H2,20,21,22). The zero-order valence-electron chi connectivity index (χ0n) is 13.9. The lowest BCUT2D eigenvalue weighted by molar-refractivity contribution is -0.0514. The second-order valence-electron chi connectivity index (χ2n) is 5.30. The molecule has 0 atom stereocenters. The summed E-state index contributed by atoms with van der Waals surface area (Å²) in [5.74, 6) is 1.05. The third-order valence-corrected chi connectivity index (χ3v) is 3.56. The zero-order chi connectivity index (χ0) is 17.4. The third-order valence-electron chi connectivity index (χ3n) is 3.56. The highest BCUT2D eigenvalue weighted by atomic mass is 19.3. The van der Waals surface area contributed by atoms with Gasteiger partial charge in [0.25, 0.3) is 0 Å². The second-order valence-corrected chi connectivity index (χ2v) is 5.30. The summed E-state index contributed by atoms with van der Waals surface area (Å²) >= 11 is 0. The minimum Gasteiger partial charge on any atom is -0.490 e. The number of nitrogens with one attached hydrogen (secondary N) is 2.